The molecule has 0 amide bonds. The second-order valence-corrected chi connectivity index (χ2v) is 10.5. The molecule has 3 fully saturated rings. The van der Waals surface area contributed by atoms with Crippen LogP contribution in [0.2, 0.25) is 0 Å². The molecule has 0 aromatic rings. The van der Waals surface area contributed by atoms with Crippen molar-refractivity contribution in [2.24, 2.45) is 35.5 Å². The first-order chi connectivity index (χ1) is 13.1. The molecule has 3 rings (SSSR count). The zero-order valence-corrected chi connectivity index (χ0v) is 18.0. The molecule has 3 aliphatic carbocycles. The third kappa shape index (κ3) is 5.29. The van der Waals surface area contributed by atoms with Crippen LogP contribution in [0, 0.1) is 46.8 Å². The summed E-state index contributed by atoms with van der Waals surface area (Å²) in [5, 5.41) is 21.2. The Morgan fingerprint density at radius 3 is 2.41 bits per heavy atom. The lowest BCUT2D eigenvalue weighted by Gasteiger charge is -2.48. The summed E-state index contributed by atoms with van der Waals surface area (Å²) >= 11 is 0. The van der Waals surface area contributed by atoms with Crippen molar-refractivity contribution in [3.8, 4) is 6.07 Å². The van der Waals surface area contributed by atoms with E-state index >= 15 is 0 Å². The van der Waals surface area contributed by atoms with Crippen LogP contribution in [0.1, 0.15) is 110 Å². The first kappa shape index (κ1) is 21.2. The summed E-state index contributed by atoms with van der Waals surface area (Å²) in [5.41, 5.74) is -0.556. The number of nitrogens with zero attached hydrogens (tertiary/aromatic N) is 1. The van der Waals surface area contributed by atoms with Gasteiger partial charge >= 0.3 is 0 Å². The molecule has 27 heavy (non-hydrogen) atoms. The largest absolute Gasteiger partial charge is 0.390 e. The summed E-state index contributed by atoms with van der Waals surface area (Å²) in [5.74, 6) is 3.49. The molecule has 0 aliphatic heterocycles. The van der Waals surface area contributed by atoms with E-state index in [4.69, 9.17) is 0 Å². The maximum Gasteiger partial charge on any atom is 0.0690 e. The molecule has 5 unspecified atom stereocenters. The Balaban J connectivity index is 1.51. The van der Waals surface area contributed by atoms with E-state index in [9.17, 15) is 10.4 Å². The van der Waals surface area contributed by atoms with E-state index in [1.54, 1.807) is 0 Å². The monoisotopic (exact) mass is 373 g/mol. The molecule has 0 spiro atoms. The molecular formula is C25H43NO. The van der Waals surface area contributed by atoms with Gasteiger partial charge in [-0.2, -0.15) is 5.26 Å². The molecular weight excluding hydrogens is 330 g/mol. The van der Waals surface area contributed by atoms with E-state index in [1.807, 2.05) is 0 Å². The van der Waals surface area contributed by atoms with Crippen LogP contribution in [0.3, 0.4) is 0 Å². The minimum absolute atomic E-state index is 0.0846. The van der Waals surface area contributed by atoms with Crippen molar-refractivity contribution in [1.29, 1.82) is 5.26 Å². The molecule has 3 aliphatic rings. The fourth-order valence-corrected chi connectivity index (χ4v) is 6.95. The molecule has 2 heteroatoms. The highest BCUT2D eigenvalue weighted by Gasteiger charge is 2.47. The van der Waals surface area contributed by atoms with E-state index in [2.05, 4.69) is 19.9 Å². The fraction of sp³-hybridized carbons (Fsp3) is 0.960. The maximum absolute atomic E-state index is 11.4. The van der Waals surface area contributed by atoms with Gasteiger partial charge in [0.25, 0.3) is 0 Å². The van der Waals surface area contributed by atoms with Crippen molar-refractivity contribution in [3.05, 3.63) is 0 Å². The summed E-state index contributed by atoms with van der Waals surface area (Å²) in [6.07, 6.45) is 18.9. The van der Waals surface area contributed by atoms with Crippen LogP contribution in [-0.4, -0.2) is 10.7 Å². The van der Waals surface area contributed by atoms with Gasteiger partial charge in [-0.25, -0.2) is 0 Å². The zero-order chi connectivity index (χ0) is 19.3. The molecule has 0 aromatic heterocycles. The van der Waals surface area contributed by atoms with Gasteiger partial charge in [0.1, 0.15) is 0 Å². The number of nitriles is 1. The van der Waals surface area contributed by atoms with Crippen LogP contribution in [-0.2, 0) is 0 Å². The topological polar surface area (TPSA) is 44.0 Å². The third-order valence-corrected chi connectivity index (χ3v) is 8.53. The third-order valence-electron chi connectivity index (χ3n) is 8.53. The predicted molar refractivity (Wildman–Crippen MR) is 112 cm³/mol. The normalized spacial score (nSPS) is 43.2. The summed E-state index contributed by atoms with van der Waals surface area (Å²) in [7, 11) is 0. The van der Waals surface area contributed by atoms with E-state index in [-0.39, 0.29) is 11.8 Å². The van der Waals surface area contributed by atoms with Crippen LogP contribution in [0.5, 0.6) is 0 Å². The molecule has 0 radical (unpaired) electrons. The molecule has 5 atom stereocenters. The Hall–Kier alpha value is -0.550. The Labute approximate surface area is 168 Å². The standard InChI is InChI=1S/C25H43NO/c1-3-4-5-8-20-9-11-21(12-10-20)22-13-14-24(23(16-22)18-26)25(27)15-6-7-19(2)17-25/h19-24,27H,3-17H2,1-2H3. The van der Waals surface area contributed by atoms with Crippen molar-refractivity contribution in [2.75, 3.05) is 0 Å². The van der Waals surface area contributed by atoms with Gasteiger partial charge in [-0.05, 0) is 68.6 Å². The van der Waals surface area contributed by atoms with Crippen LogP contribution in [0.15, 0.2) is 0 Å². The van der Waals surface area contributed by atoms with E-state index in [0.717, 1.165) is 49.9 Å². The van der Waals surface area contributed by atoms with Crippen LogP contribution < -0.4 is 0 Å². The molecule has 1 N–H and O–H groups in total. The van der Waals surface area contributed by atoms with Crippen molar-refractivity contribution in [2.45, 2.75) is 116 Å². The second kappa shape index (κ2) is 9.78. The highest BCUT2D eigenvalue weighted by atomic mass is 16.3. The number of hydrogen-bond acceptors (Lipinski definition) is 2. The Morgan fingerprint density at radius 1 is 1.00 bits per heavy atom. The summed E-state index contributed by atoms with van der Waals surface area (Å²) in [6, 6.07) is 2.64. The van der Waals surface area contributed by atoms with Crippen molar-refractivity contribution in [3.63, 3.8) is 0 Å². The van der Waals surface area contributed by atoms with E-state index < -0.39 is 5.60 Å². The smallest absolute Gasteiger partial charge is 0.0690 e. The fourth-order valence-electron chi connectivity index (χ4n) is 6.95. The SMILES string of the molecule is CCCCCC1CCC(C2CCC(C3(O)CCCC(C)C3)C(C#N)C2)CC1. The average molecular weight is 374 g/mol. The summed E-state index contributed by atoms with van der Waals surface area (Å²) in [4.78, 5) is 0. The minimum atomic E-state index is -0.556. The Kier molecular flexibility index (Phi) is 7.66. The number of unbranched alkanes of at least 4 members (excludes halogenated alkanes) is 2. The van der Waals surface area contributed by atoms with Gasteiger partial charge in [0.2, 0.25) is 0 Å². The molecule has 154 valence electrons. The average Bonchev–Trinajstić information content (AvgIpc) is 2.68. The molecule has 0 bridgehead atoms. The zero-order valence-electron chi connectivity index (χ0n) is 18.0. The molecule has 0 aromatic carbocycles. The number of aliphatic hydroxyl groups is 1. The molecule has 3 saturated carbocycles. The summed E-state index contributed by atoms with van der Waals surface area (Å²) < 4.78 is 0. The van der Waals surface area contributed by atoms with E-state index in [0.29, 0.717) is 5.92 Å². The lowest BCUT2D eigenvalue weighted by Crippen LogP contribution is -2.47. The maximum atomic E-state index is 11.4. The molecule has 2 nitrogen and oxygen atoms in total. The van der Waals surface area contributed by atoms with Crippen molar-refractivity contribution < 1.29 is 5.11 Å². The lowest BCUT2D eigenvalue weighted by molar-refractivity contribution is -0.0932. The lowest BCUT2D eigenvalue weighted by atomic mass is 9.59. The van der Waals surface area contributed by atoms with Crippen molar-refractivity contribution >= 4 is 0 Å². The van der Waals surface area contributed by atoms with Gasteiger partial charge < -0.3 is 5.11 Å². The van der Waals surface area contributed by atoms with E-state index in [1.165, 1.54) is 64.2 Å². The Bertz CT molecular complexity index is 489. The van der Waals surface area contributed by atoms with Gasteiger partial charge in [0.05, 0.1) is 17.6 Å². The quantitative estimate of drug-likeness (QED) is 0.516. The van der Waals surface area contributed by atoms with Gasteiger partial charge in [-0.1, -0.05) is 65.2 Å². The molecule has 0 saturated heterocycles. The van der Waals surface area contributed by atoms with Crippen LogP contribution in [0.25, 0.3) is 0 Å². The van der Waals surface area contributed by atoms with Crippen LogP contribution in [0.4, 0.5) is 0 Å². The number of rotatable bonds is 6. The first-order valence-electron chi connectivity index (χ1n) is 12.2. The highest BCUT2D eigenvalue weighted by Crippen LogP contribution is 2.50. The van der Waals surface area contributed by atoms with Crippen molar-refractivity contribution in [1.82, 2.24) is 0 Å². The van der Waals surface area contributed by atoms with Gasteiger partial charge in [0, 0.05) is 5.92 Å². The number of hydrogen-bond donors (Lipinski definition) is 1. The minimum Gasteiger partial charge on any atom is -0.390 e. The highest BCUT2D eigenvalue weighted by molar-refractivity contribution is 5.03. The first-order valence-corrected chi connectivity index (χ1v) is 12.2. The predicted octanol–water partition coefficient (Wildman–Crippen LogP) is 6.87. The van der Waals surface area contributed by atoms with Crippen LogP contribution >= 0.6 is 0 Å². The second-order valence-electron chi connectivity index (χ2n) is 10.5. The van der Waals surface area contributed by atoms with Gasteiger partial charge in [0.15, 0.2) is 0 Å². The molecule has 0 heterocycles. The van der Waals surface area contributed by atoms with Gasteiger partial charge in [-0.3, -0.25) is 0 Å². The summed E-state index contributed by atoms with van der Waals surface area (Å²) in [6.45, 7) is 4.57. The van der Waals surface area contributed by atoms with Gasteiger partial charge in [-0.15, -0.1) is 0 Å². The Morgan fingerprint density at radius 2 is 1.74 bits per heavy atom.